The number of hydrogen-bond donors (Lipinski definition) is 2. The van der Waals surface area contributed by atoms with Crippen LogP contribution in [0.15, 0.2) is 18.3 Å². The molecule has 0 aromatic carbocycles. The minimum Gasteiger partial charge on any atom is -0.344 e. The third-order valence-corrected chi connectivity index (χ3v) is 3.18. The van der Waals surface area contributed by atoms with E-state index in [1.165, 1.54) is 0 Å². The zero-order valence-electron chi connectivity index (χ0n) is 12.8. The van der Waals surface area contributed by atoms with Crippen molar-refractivity contribution in [2.24, 2.45) is 11.8 Å². The first-order valence-electron chi connectivity index (χ1n) is 7.02. The molecule has 1 aromatic heterocycles. The molecule has 0 radical (unpaired) electrons. The molecule has 0 saturated heterocycles. The molecule has 0 saturated carbocycles. The molecule has 2 N–H and O–H groups in total. The van der Waals surface area contributed by atoms with Gasteiger partial charge in [-0.15, -0.1) is 0 Å². The van der Waals surface area contributed by atoms with Crippen LogP contribution < -0.4 is 10.6 Å². The van der Waals surface area contributed by atoms with Crippen molar-refractivity contribution < 1.29 is 9.59 Å². The normalized spacial score (nSPS) is 12.3. The van der Waals surface area contributed by atoms with Gasteiger partial charge < -0.3 is 10.6 Å². The number of hydrogen-bond acceptors (Lipinski definition) is 3. The van der Waals surface area contributed by atoms with Crippen molar-refractivity contribution in [3.8, 4) is 0 Å². The zero-order chi connectivity index (χ0) is 16.0. The Kier molecular flexibility index (Phi) is 6.62. The maximum atomic E-state index is 12.3. The van der Waals surface area contributed by atoms with E-state index in [0.717, 1.165) is 0 Å². The number of pyridine rings is 1. The van der Waals surface area contributed by atoms with Crippen molar-refractivity contribution in [2.45, 2.75) is 40.2 Å². The third kappa shape index (κ3) is 5.71. The van der Waals surface area contributed by atoms with Crippen molar-refractivity contribution in [3.63, 3.8) is 0 Å². The van der Waals surface area contributed by atoms with Crippen molar-refractivity contribution in [1.82, 2.24) is 10.3 Å². The lowest BCUT2D eigenvalue weighted by Crippen LogP contribution is -2.47. The smallest absolute Gasteiger partial charge is 0.247 e. The molecule has 0 fully saturated rings. The molecule has 1 heterocycles. The molecule has 0 bridgehead atoms. The number of carbonyl (C=O) groups excluding carboxylic acids is 2. The monoisotopic (exact) mass is 311 g/mol. The number of aromatic nitrogens is 1. The summed E-state index contributed by atoms with van der Waals surface area (Å²) in [5.41, 5.74) is 0.438. The highest BCUT2D eigenvalue weighted by Crippen LogP contribution is 2.18. The van der Waals surface area contributed by atoms with E-state index < -0.39 is 6.04 Å². The highest BCUT2D eigenvalue weighted by molar-refractivity contribution is 6.32. The van der Waals surface area contributed by atoms with Crippen LogP contribution >= 0.6 is 11.6 Å². The molecule has 0 aliphatic rings. The molecule has 6 heteroatoms. The summed E-state index contributed by atoms with van der Waals surface area (Å²) in [7, 11) is 0. The summed E-state index contributed by atoms with van der Waals surface area (Å²) in [6.45, 7) is 7.67. The van der Waals surface area contributed by atoms with Crippen molar-refractivity contribution >= 4 is 29.1 Å². The van der Waals surface area contributed by atoms with Crippen LogP contribution in [0.1, 0.15) is 34.1 Å². The molecule has 0 unspecified atom stereocenters. The molecule has 21 heavy (non-hydrogen) atoms. The van der Waals surface area contributed by atoms with Gasteiger partial charge in [0.25, 0.3) is 0 Å². The fraction of sp³-hybridized carbons (Fsp3) is 0.533. The van der Waals surface area contributed by atoms with Gasteiger partial charge in [-0.3, -0.25) is 9.59 Å². The van der Waals surface area contributed by atoms with Gasteiger partial charge in [0.05, 0.1) is 5.69 Å². The van der Waals surface area contributed by atoms with E-state index in [1.54, 1.807) is 18.3 Å². The molecule has 2 amide bonds. The fourth-order valence-corrected chi connectivity index (χ4v) is 1.99. The second-order valence-corrected chi connectivity index (χ2v) is 6.08. The van der Waals surface area contributed by atoms with Crippen LogP contribution in [0, 0.1) is 11.8 Å². The second-order valence-electron chi connectivity index (χ2n) is 5.72. The highest BCUT2D eigenvalue weighted by atomic mass is 35.5. The number of nitrogens with zero attached hydrogens (tertiary/aromatic N) is 1. The van der Waals surface area contributed by atoms with Gasteiger partial charge in [0.15, 0.2) is 5.15 Å². The Bertz CT molecular complexity index is 503. The van der Waals surface area contributed by atoms with Crippen LogP contribution in [0.5, 0.6) is 0 Å². The first kappa shape index (κ1) is 17.4. The molecule has 1 atom stereocenters. The Morgan fingerprint density at radius 1 is 1.29 bits per heavy atom. The second kappa shape index (κ2) is 7.98. The summed E-state index contributed by atoms with van der Waals surface area (Å²) in [4.78, 5) is 28.1. The summed E-state index contributed by atoms with van der Waals surface area (Å²) in [5, 5.41) is 5.70. The van der Waals surface area contributed by atoms with Crippen LogP contribution in [-0.2, 0) is 9.59 Å². The van der Waals surface area contributed by atoms with Gasteiger partial charge in [0, 0.05) is 12.6 Å². The van der Waals surface area contributed by atoms with E-state index in [2.05, 4.69) is 15.6 Å². The Labute approximate surface area is 130 Å². The van der Waals surface area contributed by atoms with Gasteiger partial charge in [-0.25, -0.2) is 4.98 Å². The van der Waals surface area contributed by atoms with Crippen molar-refractivity contribution in [3.05, 3.63) is 23.5 Å². The number of carbonyl (C=O) groups is 2. The lowest BCUT2D eigenvalue weighted by atomic mass is 10.0. The standard InChI is InChI=1S/C15H22ClN3O2/c1-9(2)8-12(20)19-13(10(3)4)15(21)18-11-6-5-7-17-14(11)16/h5-7,9-10,13H,8H2,1-4H3,(H,18,21)(H,19,20)/t13-/m1/s1. The maximum absolute atomic E-state index is 12.3. The van der Waals surface area contributed by atoms with Crippen LogP contribution in [0.25, 0.3) is 0 Å². The number of nitrogens with one attached hydrogen (secondary N) is 2. The molecule has 0 spiro atoms. The molecular formula is C15H22ClN3O2. The Morgan fingerprint density at radius 2 is 1.95 bits per heavy atom. The molecule has 0 aliphatic carbocycles. The first-order chi connectivity index (χ1) is 9.81. The summed E-state index contributed by atoms with van der Waals surface area (Å²) < 4.78 is 0. The average Bonchev–Trinajstić information content (AvgIpc) is 2.37. The van der Waals surface area contributed by atoms with Crippen molar-refractivity contribution in [2.75, 3.05) is 5.32 Å². The topological polar surface area (TPSA) is 71.1 Å². The summed E-state index contributed by atoms with van der Waals surface area (Å²) in [5.74, 6) is -0.210. The van der Waals surface area contributed by atoms with Gasteiger partial charge in [-0.2, -0.15) is 0 Å². The van der Waals surface area contributed by atoms with E-state index in [-0.39, 0.29) is 28.8 Å². The number of anilines is 1. The lowest BCUT2D eigenvalue weighted by molar-refractivity contribution is -0.127. The van der Waals surface area contributed by atoms with E-state index in [9.17, 15) is 9.59 Å². The van der Waals surface area contributed by atoms with Crippen LogP contribution in [0.2, 0.25) is 5.15 Å². The SMILES string of the molecule is CC(C)CC(=O)N[C@@H](C(=O)Nc1cccnc1Cl)C(C)C. The predicted octanol–water partition coefficient (Wildman–Crippen LogP) is 2.86. The molecular weight excluding hydrogens is 290 g/mol. The number of amides is 2. The van der Waals surface area contributed by atoms with Gasteiger partial charge in [0.2, 0.25) is 11.8 Å². The number of rotatable bonds is 6. The zero-order valence-corrected chi connectivity index (χ0v) is 13.6. The maximum Gasteiger partial charge on any atom is 0.247 e. The molecule has 1 aromatic rings. The van der Waals surface area contributed by atoms with Gasteiger partial charge in [-0.05, 0) is 24.0 Å². The van der Waals surface area contributed by atoms with Crippen LogP contribution in [0.4, 0.5) is 5.69 Å². The Balaban J connectivity index is 2.74. The Hall–Kier alpha value is -1.62. The lowest BCUT2D eigenvalue weighted by Gasteiger charge is -2.22. The van der Waals surface area contributed by atoms with E-state index >= 15 is 0 Å². The van der Waals surface area contributed by atoms with Crippen molar-refractivity contribution in [1.29, 1.82) is 0 Å². The molecule has 116 valence electrons. The largest absolute Gasteiger partial charge is 0.344 e. The van der Waals surface area contributed by atoms with Gasteiger partial charge in [-0.1, -0.05) is 39.3 Å². The minimum absolute atomic E-state index is 0.0310. The van der Waals surface area contributed by atoms with Gasteiger partial charge in [0.1, 0.15) is 6.04 Å². The molecule has 0 aliphatic heterocycles. The van der Waals surface area contributed by atoms with E-state index in [0.29, 0.717) is 12.1 Å². The molecule has 5 nitrogen and oxygen atoms in total. The Morgan fingerprint density at radius 3 is 2.48 bits per heavy atom. The third-order valence-electron chi connectivity index (χ3n) is 2.88. The average molecular weight is 312 g/mol. The first-order valence-corrected chi connectivity index (χ1v) is 7.39. The van der Waals surface area contributed by atoms with E-state index in [4.69, 9.17) is 11.6 Å². The van der Waals surface area contributed by atoms with E-state index in [1.807, 2.05) is 27.7 Å². The summed E-state index contributed by atoms with van der Waals surface area (Å²) in [6.07, 6.45) is 1.94. The fourth-order valence-electron chi connectivity index (χ4n) is 1.83. The van der Waals surface area contributed by atoms with Crippen LogP contribution in [-0.4, -0.2) is 22.8 Å². The molecule has 1 rings (SSSR count). The summed E-state index contributed by atoms with van der Waals surface area (Å²) >= 11 is 5.91. The van der Waals surface area contributed by atoms with Crippen LogP contribution in [0.3, 0.4) is 0 Å². The quantitative estimate of drug-likeness (QED) is 0.794. The highest BCUT2D eigenvalue weighted by Gasteiger charge is 2.25. The van der Waals surface area contributed by atoms with Gasteiger partial charge >= 0.3 is 0 Å². The number of halogens is 1. The minimum atomic E-state index is -0.604. The summed E-state index contributed by atoms with van der Waals surface area (Å²) in [6, 6.07) is 2.75. The predicted molar refractivity (Wildman–Crippen MR) is 84.1 cm³/mol.